The van der Waals surface area contributed by atoms with Crippen molar-refractivity contribution >= 4 is 5.91 Å². The number of carbonyl (C=O) groups excluding carboxylic acids is 1. The smallest absolute Gasteiger partial charge is 0.356 e. The van der Waals surface area contributed by atoms with E-state index in [1.807, 2.05) is 0 Å². The van der Waals surface area contributed by atoms with Gasteiger partial charge in [-0.05, 0) is 20.8 Å². The standard InChI is InChI=1S/C9H16F3NO3/c1-5-15-13(4)8(14)6(2)16-7(3)9(10,11)12/h6-7H,5H2,1-4H3. The molecule has 1 amide bonds. The number of hydrogen-bond acceptors (Lipinski definition) is 3. The van der Waals surface area contributed by atoms with Crippen LogP contribution < -0.4 is 0 Å². The maximum absolute atomic E-state index is 12.1. The Morgan fingerprint density at radius 3 is 2.25 bits per heavy atom. The Morgan fingerprint density at radius 2 is 1.88 bits per heavy atom. The lowest BCUT2D eigenvalue weighted by Gasteiger charge is -2.24. The number of ether oxygens (including phenoxy) is 1. The summed E-state index contributed by atoms with van der Waals surface area (Å²) >= 11 is 0. The SMILES string of the molecule is CCON(C)C(=O)C(C)OC(C)C(F)(F)F. The van der Waals surface area contributed by atoms with E-state index in [0.29, 0.717) is 0 Å². The molecule has 0 bridgehead atoms. The van der Waals surface area contributed by atoms with Crippen LogP contribution in [0.25, 0.3) is 0 Å². The van der Waals surface area contributed by atoms with E-state index < -0.39 is 24.3 Å². The van der Waals surface area contributed by atoms with E-state index in [4.69, 9.17) is 4.84 Å². The van der Waals surface area contributed by atoms with E-state index in [0.717, 1.165) is 12.0 Å². The molecule has 0 aliphatic rings. The summed E-state index contributed by atoms with van der Waals surface area (Å²) in [6, 6.07) is 0. The number of halogens is 3. The van der Waals surface area contributed by atoms with Gasteiger partial charge in [0.1, 0.15) is 6.10 Å². The third-order valence-electron chi connectivity index (χ3n) is 1.85. The van der Waals surface area contributed by atoms with Crippen LogP contribution in [0.5, 0.6) is 0 Å². The molecule has 7 heteroatoms. The van der Waals surface area contributed by atoms with Crippen molar-refractivity contribution < 1.29 is 27.5 Å². The highest BCUT2D eigenvalue weighted by atomic mass is 19.4. The predicted octanol–water partition coefficient (Wildman–Crippen LogP) is 1.75. The lowest BCUT2D eigenvalue weighted by molar-refractivity contribution is -0.233. The van der Waals surface area contributed by atoms with Gasteiger partial charge in [0.2, 0.25) is 0 Å². The van der Waals surface area contributed by atoms with Crippen LogP contribution in [0.2, 0.25) is 0 Å². The Labute approximate surface area is 92.3 Å². The van der Waals surface area contributed by atoms with Gasteiger partial charge < -0.3 is 4.74 Å². The largest absolute Gasteiger partial charge is 0.414 e. The Hall–Kier alpha value is -0.820. The molecule has 2 unspecified atom stereocenters. The first-order valence-electron chi connectivity index (χ1n) is 4.82. The Balaban J connectivity index is 4.25. The molecule has 0 aromatic rings. The van der Waals surface area contributed by atoms with Gasteiger partial charge in [-0.1, -0.05) is 0 Å². The monoisotopic (exact) mass is 243 g/mol. The topological polar surface area (TPSA) is 38.8 Å². The molecule has 0 heterocycles. The average molecular weight is 243 g/mol. The van der Waals surface area contributed by atoms with Crippen molar-refractivity contribution in [3.05, 3.63) is 0 Å². The van der Waals surface area contributed by atoms with Crippen molar-refractivity contribution in [2.24, 2.45) is 0 Å². The number of nitrogens with zero attached hydrogens (tertiary/aromatic N) is 1. The summed E-state index contributed by atoms with van der Waals surface area (Å²) in [5, 5.41) is 0.869. The third-order valence-corrected chi connectivity index (χ3v) is 1.85. The fourth-order valence-corrected chi connectivity index (χ4v) is 0.955. The fourth-order valence-electron chi connectivity index (χ4n) is 0.955. The molecule has 0 aromatic heterocycles. The summed E-state index contributed by atoms with van der Waals surface area (Å²) in [5.41, 5.74) is 0. The highest BCUT2D eigenvalue weighted by Crippen LogP contribution is 2.23. The van der Waals surface area contributed by atoms with E-state index in [1.54, 1.807) is 6.92 Å². The minimum Gasteiger partial charge on any atom is -0.356 e. The molecule has 2 atom stereocenters. The molecule has 0 aromatic carbocycles. The van der Waals surface area contributed by atoms with Crippen LogP contribution in [0, 0.1) is 0 Å². The number of likely N-dealkylation sites (N-methyl/N-ethyl adjacent to an activating group) is 1. The Bertz CT molecular complexity index is 233. The summed E-state index contributed by atoms with van der Waals surface area (Å²) < 4.78 is 41.0. The quantitative estimate of drug-likeness (QED) is 0.690. The first-order valence-corrected chi connectivity index (χ1v) is 4.82. The summed E-state index contributed by atoms with van der Waals surface area (Å²) in [6.07, 6.45) is -7.66. The fraction of sp³-hybridized carbons (Fsp3) is 0.889. The van der Waals surface area contributed by atoms with Gasteiger partial charge in [-0.2, -0.15) is 13.2 Å². The van der Waals surface area contributed by atoms with Crippen LogP contribution >= 0.6 is 0 Å². The van der Waals surface area contributed by atoms with Crippen molar-refractivity contribution in [1.82, 2.24) is 5.06 Å². The lowest BCUT2D eigenvalue weighted by atomic mass is 10.3. The second-order valence-electron chi connectivity index (χ2n) is 3.22. The molecular formula is C9H16F3NO3. The number of hydroxylamine groups is 2. The number of hydrogen-bond donors (Lipinski definition) is 0. The molecule has 0 aliphatic carbocycles. The van der Waals surface area contributed by atoms with Gasteiger partial charge in [0.15, 0.2) is 6.10 Å². The molecule has 96 valence electrons. The van der Waals surface area contributed by atoms with Gasteiger partial charge in [-0.15, -0.1) is 0 Å². The van der Waals surface area contributed by atoms with E-state index in [9.17, 15) is 18.0 Å². The van der Waals surface area contributed by atoms with Gasteiger partial charge in [0, 0.05) is 7.05 Å². The molecular weight excluding hydrogens is 227 g/mol. The molecule has 0 saturated heterocycles. The highest BCUT2D eigenvalue weighted by molar-refractivity contribution is 5.79. The molecule has 0 radical (unpaired) electrons. The average Bonchev–Trinajstić information content (AvgIpc) is 2.15. The summed E-state index contributed by atoms with van der Waals surface area (Å²) in [7, 11) is 1.32. The normalized spacial score (nSPS) is 15.7. The molecule has 0 saturated carbocycles. The minimum absolute atomic E-state index is 0.254. The van der Waals surface area contributed by atoms with Crippen LogP contribution in [-0.2, 0) is 14.4 Å². The molecule has 0 rings (SSSR count). The molecule has 0 N–H and O–H groups in total. The van der Waals surface area contributed by atoms with Crippen LogP contribution in [-0.4, -0.2) is 43.0 Å². The van der Waals surface area contributed by atoms with Crippen molar-refractivity contribution in [2.75, 3.05) is 13.7 Å². The maximum atomic E-state index is 12.1. The second-order valence-corrected chi connectivity index (χ2v) is 3.22. The van der Waals surface area contributed by atoms with Gasteiger partial charge in [-0.3, -0.25) is 9.63 Å². The number of amides is 1. The zero-order valence-electron chi connectivity index (χ0n) is 9.67. The van der Waals surface area contributed by atoms with Crippen LogP contribution in [0.15, 0.2) is 0 Å². The van der Waals surface area contributed by atoms with Gasteiger partial charge in [-0.25, -0.2) is 5.06 Å². The number of alkyl halides is 3. The first-order chi connectivity index (χ1) is 7.20. The highest BCUT2D eigenvalue weighted by Gasteiger charge is 2.39. The zero-order chi connectivity index (χ0) is 12.9. The van der Waals surface area contributed by atoms with Crippen molar-refractivity contribution in [3.8, 4) is 0 Å². The number of carbonyl (C=O) groups is 1. The van der Waals surface area contributed by atoms with Crippen molar-refractivity contribution in [3.63, 3.8) is 0 Å². The van der Waals surface area contributed by atoms with Crippen molar-refractivity contribution in [1.29, 1.82) is 0 Å². The zero-order valence-corrected chi connectivity index (χ0v) is 9.67. The molecule has 0 aliphatic heterocycles. The van der Waals surface area contributed by atoms with E-state index in [-0.39, 0.29) is 6.61 Å². The Morgan fingerprint density at radius 1 is 1.38 bits per heavy atom. The van der Waals surface area contributed by atoms with Gasteiger partial charge in [0.25, 0.3) is 5.91 Å². The first kappa shape index (κ1) is 15.2. The maximum Gasteiger partial charge on any atom is 0.414 e. The Kier molecular flexibility index (Phi) is 5.74. The van der Waals surface area contributed by atoms with Gasteiger partial charge in [0.05, 0.1) is 6.61 Å². The van der Waals surface area contributed by atoms with E-state index in [1.165, 1.54) is 14.0 Å². The van der Waals surface area contributed by atoms with E-state index >= 15 is 0 Å². The van der Waals surface area contributed by atoms with Gasteiger partial charge >= 0.3 is 6.18 Å². The van der Waals surface area contributed by atoms with Crippen LogP contribution in [0.1, 0.15) is 20.8 Å². The predicted molar refractivity (Wildman–Crippen MR) is 50.5 cm³/mol. The molecule has 0 spiro atoms. The molecule has 0 fully saturated rings. The summed E-state index contributed by atoms with van der Waals surface area (Å²) in [4.78, 5) is 16.2. The third kappa shape index (κ3) is 4.80. The number of rotatable bonds is 5. The van der Waals surface area contributed by atoms with Crippen molar-refractivity contribution in [2.45, 2.75) is 39.2 Å². The van der Waals surface area contributed by atoms with Crippen LogP contribution in [0.4, 0.5) is 13.2 Å². The minimum atomic E-state index is -4.47. The summed E-state index contributed by atoms with van der Waals surface area (Å²) in [6.45, 7) is 4.02. The summed E-state index contributed by atoms with van der Waals surface area (Å²) in [5.74, 6) is -0.655. The lowest BCUT2D eigenvalue weighted by Crippen LogP contribution is -2.41. The second kappa shape index (κ2) is 6.05. The molecule has 16 heavy (non-hydrogen) atoms. The van der Waals surface area contributed by atoms with Crippen LogP contribution in [0.3, 0.4) is 0 Å². The molecule has 4 nitrogen and oxygen atoms in total. The van der Waals surface area contributed by atoms with E-state index in [2.05, 4.69) is 4.74 Å².